The molecule has 2 heterocycles. The van der Waals surface area contributed by atoms with Gasteiger partial charge in [0.15, 0.2) is 0 Å². The molecule has 1 amide bonds. The number of carbonyl (C=O) groups is 1. The van der Waals surface area contributed by atoms with E-state index in [1.54, 1.807) is 0 Å². The van der Waals surface area contributed by atoms with Crippen LogP contribution in [0.25, 0.3) is 0 Å². The van der Waals surface area contributed by atoms with Crippen LogP contribution in [0.2, 0.25) is 0 Å². The third kappa shape index (κ3) is 2.42. The fraction of sp³-hybridized carbons (Fsp3) is 0.400. The SMILES string of the molecule is O=C(Nc1cccc2c1CNCC2)c1n[nH]c(C2CC2)n1. The van der Waals surface area contributed by atoms with Gasteiger partial charge in [-0.15, -0.1) is 5.10 Å². The summed E-state index contributed by atoms with van der Waals surface area (Å²) in [5, 5.41) is 13.2. The number of nitrogens with zero attached hydrogens (tertiary/aromatic N) is 2. The highest BCUT2D eigenvalue weighted by molar-refractivity contribution is 6.02. The largest absolute Gasteiger partial charge is 0.319 e. The van der Waals surface area contributed by atoms with E-state index in [-0.39, 0.29) is 11.7 Å². The van der Waals surface area contributed by atoms with Gasteiger partial charge >= 0.3 is 0 Å². The number of rotatable bonds is 3. The van der Waals surface area contributed by atoms with E-state index >= 15 is 0 Å². The monoisotopic (exact) mass is 283 g/mol. The quantitative estimate of drug-likeness (QED) is 0.798. The molecule has 6 nitrogen and oxygen atoms in total. The molecule has 4 rings (SSSR count). The van der Waals surface area contributed by atoms with Gasteiger partial charge < -0.3 is 10.6 Å². The first-order valence-electron chi connectivity index (χ1n) is 7.36. The molecule has 1 aliphatic heterocycles. The minimum atomic E-state index is -0.253. The molecule has 0 saturated heterocycles. The number of anilines is 1. The van der Waals surface area contributed by atoms with Gasteiger partial charge in [-0.2, -0.15) is 0 Å². The third-order valence-electron chi connectivity index (χ3n) is 4.06. The van der Waals surface area contributed by atoms with Crippen molar-refractivity contribution in [1.29, 1.82) is 0 Å². The zero-order chi connectivity index (χ0) is 14.2. The number of benzene rings is 1. The Bertz CT molecular complexity index is 689. The van der Waals surface area contributed by atoms with Crippen LogP contribution in [0.5, 0.6) is 0 Å². The van der Waals surface area contributed by atoms with Crippen molar-refractivity contribution in [1.82, 2.24) is 20.5 Å². The highest BCUT2D eigenvalue weighted by atomic mass is 16.2. The van der Waals surface area contributed by atoms with Gasteiger partial charge in [0.05, 0.1) is 0 Å². The molecular formula is C15H17N5O. The molecule has 0 unspecified atom stereocenters. The number of fused-ring (bicyclic) bond motifs is 1. The fourth-order valence-corrected chi connectivity index (χ4v) is 2.72. The number of aromatic nitrogens is 3. The van der Waals surface area contributed by atoms with Gasteiger partial charge in [0.2, 0.25) is 5.82 Å². The van der Waals surface area contributed by atoms with Crippen molar-refractivity contribution in [2.75, 3.05) is 11.9 Å². The Labute approximate surface area is 122 Å². The zero-order valence-electron chi connectivity index (χ0n) is 11.6. The van der Waals surface area contributed by atoms with Crippen molar-refractivity contribution in [2.24, 2.45) is 0 Å². The average Bonchev–Trinajstić information content (AvgIpc) is 3.25. The second kappa shape index (κ2) is 4.96. The molecule has 6 heteroatoms. The van der Waals surface area contributed by atoms with E-state index in [9.17, 15) is 4.79 Å². The number of amides is 1. The maximum absolute atomic E-state index is 12.3. The molecule has 1 fully saturated rings. The minimum Gasteiger partial charge on any atom is -0.319 e. The first-order chi connectivity index (χ1) is 10.3. The number of nitrogens with one attached hydrogen (secondary N) is 3. The molecule has 2 aliphatic rings. The number of H-pyrrole nitrogens is 1. The van der Waals surface area contributed by atoms with Gasteiger partial charge in [-0.25, -0.2) is 4.98 Å². The molecule has 0 spiro atoms. The summed E-state index contributed by atoms with van der Waals surface area (Å²) in [7, 11) is 0. The van der Waals surface area contributed by atoms with Crippen molar-refractivity contribution in [3.63, 3.8) is 0 Å². The molecule has 21 heavy (non-hydrogen) atoms. The Morgan fingerprint density at radius 2 is 2.24 bits per heavy atom. The lowest BCUT2D eigenvalue weighted by molar-refractivity contribution is 0.101. The summed E-state index contributed by atoms with van der Waals surface area (Å²) in [6, 6.07) is 6.02. The molecule has 1 saturated carbocycles. The summed E-state index contributed by atoms with van der Waals surface area (Å²) in [6.07, 6.45) is 3.26. The molecule has 0 radical (unpaired) electrons. The maximum atomic E-state index is 12.3. The predicted molar refractivity (Wildman–Crippen MR) is 78.2 cm³/mol. The van der Waals surface area contributed by atoms with E-state index in [0.29, 0.717) is 5.92 Å². The minimum absolute atomic E-state index is 0.221. The first-order valence-corrected chi connectivity index (χ1v) is 7.36. The summed E-state index contributed by atoms with van der Waals surface area (Å²) in [5.41, 5.74) is 3.30. The highest BCUT2D eigenvalue weighted by Crippen LogP contribution is 2.37. The molecule has 1 aromatic heterocycles. The molecule has 0 bridgehead atoms. The Balaban J connectivity index is 1.56. The lowest BCUT2D eigenvalue weighted by atomic mass is 9.99. The van der Waals surface area contributed by atoms with Crippen LogP contribution in [0.3, 0.4) is 0 Å². The third-order valence-corrected chi connectivity index (χ3v) is 4.06. The van der Waals surface area contributed by atoms with E-state index in [1.807, 2.05) is 12.1 Å². The van der Waals surface area contributed by atoms with Gasteiger partial charge in [-0.1, -0.05) is 12.1 Å². The lowest BCUT2D eigenvalue weighted by Crippen LogP contribution is -2.25. The molecule has 1 aliphatic carbocycles. The second-order valence-corrected chi connectivity index (χ2v) is 5.64. The number of hydrogen-bond acceptors (Lipinski definition) is 4. The lowest BCUT2D eigenvalue weighted by Gasteiger charge is -2.20. The van der Waals surface area contributed by atoms with Crippen LogP contribution in [-0.4, -0.2) is 27.6 Å². The van der Waals surface area contributed by atoms with Crippen LogP contribution in [-0.2, 0) is 13.0 Å². The molecule has 3 N–H and O–H groups in total. The summed E-state index contributed by atoms with van der Waals surface area (Å²) in [6.45, 7) is 1.77. The molecule has 0 atom stereocenters. The van der Waals surface area contributed by atoms with Crippen molar-refractivity contribution in [3.05, 3.63) is 41.0 Å². The number of hydrogen-bond donors (Lipinski definition) is 3. The number of carbonyl (C=O) groups excluding carboxylic acids is 1. The summed E-state index contributed by atoms with van der Waals surface area (Å²) >= 11 is 0. The standard InChI is InChI=1S/C15H17N5O/c21-15(14-18-13(19-20-14)10-4-5-10)17-12-3-1-2-9-6-7-16-8-11(9)12/h1-3,10,16H,4-8H2,(H,17,21)(H,18,19,20). The van der Waals surface area contributed by atoms with Gasteiger partial charge in [-0.3, -0.25) is 9.89 Å². The van der Waals surface area contributed by atoms with Crippen LogP contribution in [0.4, 0.5) is 5.69 Å². The van der Waals surface area contributed by atoms with Gasteiger partial charge in [0, 0.05) is 18.2 Å². The Kier molecular flexibility index (Phi) is 2.96. The Hall–Kier alpha value is -2.21. The van der Waals surface area contributed by atoms with Crippen molar-refractivity contribution in [2.45, 2.75) is 31.7 Å². The molecule has 2 aromatic rings. The van der Waals surface area contributed by atoms with Crippen molar-refractivity contribution >= 4 is 11.6 Å². The average molecular weight is 283 g/mol. The Morgan fingerprint density at radius 3 is 3.10 bits per heavy atom. The van der Waals surface area contributed by atoms with Crippen LogP contribution in [0.1, 0.15) is 46.3 Å². The van der Waals surface area contributed by atoms with Crippen molar-refractivity contribution < 1.29 is 4.79 Å². The predicted octanol–water partition coefficient (Wildman–Crippen LogP) is 1.58. The molecule has 1 aromatic carbocycles. The first kappa shape index (κ1) is 12.5. The summed E-state index contributed by atoms with van der Waals surface area (Å²) in [4.78, 5) is 16.6. The van der Waals surface area contributed by atoms with Crippen LogP contribution in [0, 0.1) is 0 Å². The maximum Gasteiger partial charge on any atom is 0.295 e. The van der Waals surface area contributed by atoms with Crippen LogP contribution >= 0.6 is 0 Å². The fourth-order valence-electron chi connectivity index (χ4n) is 2.72. The summed E-state index contributed by atoms with van der Waals surface area (Å²) in [5.74, 6) is 1.26. The topological polar surface area (TPSA) is 82.7 Å². The molecule has 108 valence electrons. The normalized spacial score (nSPS) is 17.3. The van der Waals surface area contributed by atoms with Crippen LogP contribution in [0.15, 0.2) is 18.2 Å². The van der Waals surface area contributed by atoms with E-state index in [2.05, 4.69) is 31.9 Å². The second-order valence-electron chi connectivity index (χ2n) is 5.64. The highest BCUT2D eigenvalue weighted by Gasteiger charge is 2.28. The van der Waals surface area contributed by atoms with E-state index < -0.39 is 0 Å². The van der Waals surface area contributed by atoms with E-state index in [0.717, 1.165) is 49.4 Å². The smallest absolute Gasteiger partial charge is 0.295 e. The van der Waals surface area contributed by atoms with Gasteiger partial charge in [-0.05, 0) is 43.0 Å². The Morgan fingerprint density at radius 1 is 1.33 bits per heavy atom. The van der Waals surface area contributed by atoms with Gasteiger partial charge in [0.25, 0.3) is 5.91 Å². The van der Waals surface area contributed by atoms with E-state index in [1.165, 1.54) is 5.56 Å². The van der Waals surface area contributed by atoms with E-state index in [4.69, 9.17) is 0 Å². The van der Waals surface area contributed by atoms with Crippen molar-refractivity contribution in [3.8, 4) is 0 Å². The van der Waals surface area contributed by atoms with Gasteiger partial charge in [0.1, 0.15) is 5.82 Å². The van der Waals surface area contributed by atoms with Crippen LogP contribution < -0.4 is 10.6 Å². The number of aromatic amines is 1. The molecular weight excluding hydrogens is 266 g/mol. The summed E-state index contributed by atoms with van der Waals surface area (Å²) < 4.78 is 0. The zero-order valence-corrected chi connectivity index (χ0v) is 11.6.